The number of carboxylic acids is 1. The Bertz CT molecular complexity index is 1100. The van der Waals surface area contributed by atoms with Crippen LogP contribution in [0.3, 0.4) is 0 Å². The molecule has 0 unspecified atom stereocenters. The normalized spacial score (nSPS) is 10.9. The van der Waals surface area contributed by atoms with Crippen molar-refractivity contribution in [3.8, 4) is 5.75 Å². The summed E-state index contributed by atoms with van der Waals surface area (Å²) in [6.45, 7) is 0.387. The average molecular weight is 428 g/mol. The first kappa shape index (κ1) is 21.3. The summed E-state index contributed by atoms with van der Waals surface area (Å²) >= 11 is 0. The van der Waals surface area contributed by atoms with Gasteiger partial charge in [0.05, 0.1) is 17.8 Å². The highest BCUT2D eigenvalue weighted by molar-refractivity contribution is 5.68. The van der Waals surface area contributed by atoms with E-state index in [9.17, 15) is 4.79 Å². The lowest BCUT2D eigenvalue weighted by Crippen LogP contribution is -2.12. The lowest BCUT2D eigenvalue weighted by Gasteiger charge is -2.19. The fourth-order valence-electron chi connectivity index (χ4n) is 3.86. The zero-order valence-corrected chi connectivity index (χ0v) is 17.7. The van der Waals surface area contributed by atoms with Gasteiger partial charge in [0.15, 0.2) is 6.61 Å². The van der Waals surface area contributed by atoms with Gasteiger partial charge in [-0.25, -0.2) is 9.48 Å². The summed E-state index contributed by atoms with van der Waals surface area (Å²) < 4.78 is 7.26. The maximum absolute atomic E-state index is 10.7. The number of aromatic nitrogens is 3. The SMILES string of the molecule is O=C(O)COc1cccc(CCCn2nncc2C(c2ccccc2)c2ccccc2)c1. The van der Waals surface area contributed by atoms with Crippen molar-refractivity contribution >= 4 is 5.97 Å². The predicted octanol–water partition coefficient (Wildman–Crippen LogP) is 4.55. The third kappa shape index (κ3) is 5.40. The fourth-order valence-corrected chi connectivity index (χ4v) is 3.86. The van der Waals surface area contributed by atoms with E-state index in [1.165, 1.54) is 11.1 Å². The molecule has 0 bridgehead atoms. The maximum Gasteiger partial charge on any atom is 0.341 e. The molecule has 0 spiro atoms. The van der Waals surface area contributed by atoms with Crippen LogP contribution >= 0.6 is 0 Å². The summed E-state index contributed by atoms with van der Waals surface area (Å²) in [4.78, 5) is 10.7. The van der Waals surface area contributed by atoms with E-state index in [-0.39, 0.29) is 12.5 Å². The minimum Gasteiger partial charge on any atom is -0.482 e. The van der Waals surface area contributed by atoms with E-state index >= 15 is 0 Å². The highest BCUT2D eigenvalue weighted by Crippen LogP contribution is 2.31. The third-order valence-corrected chi connectivity index (χ3v) is 5.31. The van der Waals surface area contributed by atoms with Gasteiger partial charge in [-0.3, -0.25) is 0 Å². The number of hydrogen-bond donors (Lipinski definition) is 1. The Morgan fingerprint density at radius 3 is 2.28 bits per heavy atom. The summed E-state index contributed by atoms with van der Waals surface area (Å²) in [5.74, 6) is -0.361. The maximum atomic E-state index is 10.7. The zero-order valence-electron chi connectivity index (χ0n) is 17.7. The van der Waals surface area contributed by atoms with E-state index in [2.05, 4.69) is 58.8 Å². The minimum atomic E-state index is -0.986. The predicted molar refractivity (Wildman–Crippen MR) is 122 cm³/mol. The Morgan fingerprint density at radius 2 is 1.62 bits per heavy atom. The van der Waals surface area contributed by atoms with Crippen molar-refractivity contribution in [2.24, 2.45) is 0 Å². The molecule has 0 aliphatic rings. The van der Waals surface area contributed by atoms with Gasteiger partial charge in [-0.05, 0) is 41.7 Å². The van der Waals surface area contributed by atoms with E-state index in [1.54, 1.807) is 6.07 Å². The van der Waals surface area contributed by atoms with Crippen molar-refractivity contribution in [2.75, 3.05) is 6.61 Å². The van der Waals surface area contributed by atoms with Gasteiger partial charge in [0.2, 0.25) is 0 Å². The molecule has 0 aliphatic heterocycles. The highest BCUT2D eigenvalue weighted by Gasteiger charge is 2.21. The number of carbonyl (C=O) groups is 1. The van der Waals surface area contributed by atoms with Gasteiger partial charge in [-0.2, -0.15) is 0 Å². The summed E-state index contributed by atoms with van der Waals surface area (Å²) in [5.41, 5.74) is 4.55. The van der Waals surface area contributed by atoms with Crippen molar-refractivity contribution in [3.05, 3.63) is 114 Å². The second kappa shape index (κ2) is 10.4. The Balaban J connectivity index is 1.48. The molecular weight excluding hydrogens is 402 g/mol. The second-order valence-electron chi connectivity index (χ2n) is 7.57. The lowest BCUT2D eigenvalue weighted by atomic mass is 9.88. The van der Waals surface area contributed by atoms with Crippen LogP contribution in [-0.4, -0.2) is 32.7 Å². The Morgan fingerprint density at radius 1 is 0.938 bits per heavy atom. The lowest BCUT2D eigenvalue weighted by molar-refractivity contribution is -0.139. The number of hydrogen-bond acceptors (Lipinski definition) is 4. The molecule has 0 aliphatic carbocycles. The van der Waals surface area contributed by atoms with E-state index < -0.39 is 5.97 Å². The monoisotopic (exact) mass is 427 g/mol. The molecule has 1 aromatic heterocycles. The largest absolute Gasteiger partial charge is 0.482 e. The fraction of sp³-hybridized carbons (Fsp3) is 0.192. The Hall–Kier alpha value is -3.93. The summed E-state index contributed by atoms with van der Waals surface area (Å²) in [6, 6.07) is 28.4. The van der Waals surface area contributed by atoms with Crippen molar-refractivity contribution in [2.45, 2.75) is 25.3 Å². The first-order valence-corrected chi connectivity index (χ1v) is 10.6. The van der Waals surface area contributed by atoms with Gasteiger partial charge in [0.25, 0.3) is 0 Å². The molecule has 1 heterocycles. The molecule has 0 atom stereocenters. The Kier molecular flexibility index (Phi) is 6.92. The molecule has 32 heavy (non-hydrogen) atoms. The minimum absolute atomic E-state index is 0.0557. The number of aryl methyl sites for hydroxylation is 2. The van der Waals surface area contributed by atoms with Crippen LogP contribution in [0.2, 0.25) is 0 Å². The van der Waals surface area contributed by atoms with Crippen LogP contribution in [0.25, 0.3) is 0 Å². The number of aliphatic carboxylic acids is 1. The quantitative estimate of drug-likeness (QED) is 0.402. The molecule has 0 saturated carbocycles. The van der Waals surface area contributed by atoms with Gasteiger partial charge in [0, 0.05) is 6.54 Å². The molecular formula is C26H25N3O3. The van der Waals surface area contributed by atoms with Crippen molar-refractivity contribution in [3.63, 3.8) is 0 Å². The first-order valence-electron chi connectivity index (χ1n) is 10.6. The number of carboxylic acid groups (broad SMARTS) is 1. The zero-order chi connectivity index (χ0) is 22.2. The standard InChI is InChI=1S/C26H25N3O3/c30-25(31)19-32-23-15-7-9-20(17-23)10-8-16-29-24(18-27-28-29)26(21-11-3-1-4-12-21)22-13-5-2-6-14-22/h1-7,9,11-15,17-18,26H,8,10,16,19H2,(H,30,31). The summed E-state index contributed by atoms with van der Waals surface area (Å²) in [5, 5.41) is 17.4. The van der Waals surface area contributed by atoms with Crippen molar-refractivity contribution < 1.29 is 14.6 Å². The van der Waals surface area contributed by atoms with Gasteiger partial charge in [0.1, 0.15) is 5.75 Å². The van der Waals surface area contributed by atoms with Crippen LogP contribution in [0.4, 0.5) is 0 Å². The van der Waals surface area contributed by atoms with E-state index in [4.69, 9.17) is 9.84 Å². The van der Waals surface area contributed by atoms with Crippen molar-refractivity contribution in [1.82, 2.24) is 15.0 Å². The first-order chi connectivity index (χ1) is 15.7. The van der Waals surface area contributed by atoms with E-state index in [0.29, 0.717) is 5.75 Å². The van der Waals surface area contributed by atoms with Gasteiger partial charge in [-0.1, -0.05) is 78.0 Å². The third-order valence-electron chi connectivity index (χ3n) is 5.31. The number of rotatable bonds is 10. The molecule has 0 amide bonds. The molecule has 1 N–H and O–H groups in total. The van der Waals surface area contributed by atoms with E-state index in [1.807, 2.05) is 41.2 Å². The Labute approximate surface area is 187 Å². The molecule has 6 heteroatoms. The highest BCUT2D eigenvalue weighted by atomic mass is 16.5. The van der Waals surface area contributed by atoms with Gasteiger partial charge in [-0.15, -0.1) is 5.10 Å². The van der Waals surface area contributed by atoms with Crippen LogP contribution in [0, 0.1) is 0 Å². The summed E-state index contributed by atoms with van der Waals surface area (Å²) in [7, 11) is 0. The number of nitrogens with zero attached hydrogens (tertiary/aromatic N) is 3. The van der Waals surface area contributed by atoms with Crippen LogP contribution in [-0.2, 0) is 17.8 Å². The topological polar surface area (TPSA) is 77.2 Å². The molecule has 4 rings (SSSR count). The van der Waals surface area contributed by atoms with Crippen LogP contribution in [0.1, 0.15) is 34.7 Å². The number of benzene rings is 3. The molecule has 3 aromatic carbocycles. The molecule has 0 saturated heterocycles. The van der Waals surface area contributed by atoms with E-state index in [0.717, 1.165) is 30.6 Å². The summed E-state index contributed by atoms with van der Waals surface area (Å²) in [6.07, 6.45) is 3.55. The second-order valence-corrected chi connectivity index (χ2v) is 7.57. The molecule has 6 nitrogen and oxygen atoms in total. The van der Waals surface area contributed by atoms with Crippen LogP contribution in [0.15, 0.2) is 91.1 Å². The molecule has 162 valence electrons. The van der Waals surface area contributed by atoms with Crippen LogP contribution in [0.5, 0.6) is 5.75 Å². The average Bonchev–Trinajstić information content (AvgIpc) is 3.28. The van der Waals surface area contributed by atoms with Crippen molar-refractivity contribution in [1.29, 1.82) is 0 Å². The van der Waals surface area contributed by atoms with Crippen LogP contribution < -0.4 is 4.74 Å². The molecule has 0 radical (unpaired) electrons. The number of ether oxygens (including phenoxy) is 1. The van der Waals surface area contributed by atoms with Gasteiger partial charge >= 0.3 is 5.97 Å². The molecule has 4 aromatic rings. The van der Waals surface area contributed by atoms with Gasteiger partial charge < -0.3 is 9.84 Å². The smallest absolute Gasteiger partial charge is 0.341 e. The molecule has 0 fully saturated rings.